The van der Waals surface area contributed by atoms with Crippen LogP contribution in [0.3, 0.4) is 0 Å². The van der Waals surface area contributed by atoms with Gasteiger partial charge in [0.05, 0.1) is 15.5 Å². The molecule has 0 spiro atoms. The van der Waals surface area contributed by atoms with Gasteiger partial charge in [0.25, 0.3) is 11.5 Å². The smallest absolute Gasteiger partial charge is 0.387 e. The third-order valence-corrected chi connectivity index (χ3v) is 4.44. The third kappa shape index (κ3) is 3.93. The van der Waals surface area contributed by atoms with Crippen LogP contribution in [0.15, 0.2) is 45.7 Å². The summed E-state index contributed by atoms with van der Waals surface area (Å²) in [6.45, 7) is -3.10. The standard InChI is InChI=1S/C17H11BrClF2N3O3/c1-24-16(26)10-5-3-2-4-9(10)13(23-24)15(25)22-12-7-8(19)6-11(18)14(12)27-17(20)21/h2-7,17H,1H3,(H,22,25). The van der Waals surface area contributed by atoms with Crippen molar-refractivity contribution in [2.45, 2.75) is 6.61 Å². The fraction of sp³-hybridized carbons (Fsp3) is 0.118. The molecule has 0 bridgehead atoms. The Morgan fingerprint density at radius 2 is 1.96 bits per heavy atom. The van der Waals surface area contributed by atoms with E-state index in [0.29, 0.717) is 10.8 Å². The van der Waals surface area contributed by atoms with Crippen LogP contribution in [0.25, 0.3) is 10.8 Å². The van der Waals surface area contributed by atoms with E-state index >= 15 is 0 Å². The number of carbonyl (C=O) groups is 1. The fourth-order valence-electron chi connectivity index (χ4n) is 2.51. The molecule has 3 rings (SSSR count). The number of fused-ring (bicyclic) bond motifs is 1. The number of benzene rings is 2. The number of nitrogens with zero attached hydrogens (tertiary/aromatic N) is 2. The Labute approximate surface area is 164 Å². The highest BCUT2D eigenvalue weighted by molar-refractivity contribution is 9.10. The second-order valence-corrected chi connectivity index (χ2v) is 6.71. The maximum absolute atomic E-state index is 12.8. The van der Waals surface area contributed by atoms with Crippen LogP contribution in [0, 0.1) is 0 Å². The lowest BCUT2D eigenvalue weighted by Crippen LogP contribution is -2.25. The number of anilines is 1. The SMILES string of the molecule is Cn1nc(C(=O)Nc2cc(Cl)cc(Br)c2OC(F)F)c2ccccc2c1=O. The number of rotatable bonds is 4. The predicted octanol–water partition coefficient (Wildman–Crippen LogP) is 4.20. The van der Waals surface area contributed by atoms with Gasteiger partial charge in [0.1, 0.15) is 0 Å². The van der Waals surface area contributed by atoms with Gasteiger partial charge in [-0.05, 0) is 34.1 Å². The monoisotopic (exact) mass is 457 g/mol. The predicted molar refractivity (Wildman–Crippen MR) is 101 cm³/mol. The number of hydrogen-bond acceptors (Lipinski definition) is 4. The number of aromatic nitrogens is 2. The Bertz CT molecular complexity index is 1100. The van der Waals surface area contributed by atoms with Crippen LogP contribution in [-0.4, -0.2) is 22.3 Å². The topological polar surface area (TPSA) is 73.2 Å². The number of nitrogens with one attached hydrogen (secondary N) is 1. The Morgan fingerprint density at radius 1 is 1.30 bits per heavy atom. The summed E-state index contributed by atoms with van der Waals surface area (Å²) in [5, 5.41) is 7.28. The van der Waals surface area contributed by atoms with Crippen molar-refractivity contribution in [2.24, 2.45) is 7.05 Å². The van der Waals surface area contributed by atoms with Crippen molar-refractivity contribution in [1.29, 1.82) is 0 Å². The van der Waals surface area contributed by atoms with Gasteiger partial charge in [-0.3, -0.25) is 9.59 Å². The summed E-state index contributed by atoms with van der Waals surface area (Å²) in [6.07, 6.45) is 0. The van der Waals surface area contributed by atoms with Crippen LogP contribution in [0.4, 0.5) is 14.5 Å². The third-order valence-electron chi connectivity index (χ3n) is 3.64. The maximum atomic E-state index is 12.8. The molecular formula is C17H11BrClF2N3O3. The number of ether oxygens (including phenoxy) is 1. The van der Waals surface area contributed by atoms with Gasteiger partial charge in [-0.1, -0.05) is 29.8 Å². The van der Waals surface area contributed by atoms with Crippen LogP contribution < -0.4 is 15.6 Å². The van der Waals surface area contributed by atoms with E-state index < -0.39 is 12.5 Å². The minimum atomic E-state index is -3.10. The zero-order valence-corrected chi connectivity index (χ0v) is 16.0. The quantitative estimate of drug-likeness (QED) is 0.636. The summed E-state index contributed by atoms with van der Waals surface area (Å²) in [4.78, 5) is 24.9. The Balaban J connectivity index is 2.08. The maximum Gasteiger partial charge on any atom is 0.387 e. The number of halogens is 4. The molecule has 3 aromatic rings. The summed E-state index contributed by atoms with van der Waals surface area (Å²) < 4.78 is 31.1. The first-order valence-electron chi connectivity index (χ1n) is 7.49. The van der Waals surface area contributed by atoms with Crippen molar-refractivity contribution in [3.05, 3.63) is 61.9 Å². The van der Waals surface area contributed by atoms with Crippen LogP contribution in [0.2, 0.25) is 5.02 Å². The molecule has 0 aliphatic carbocycles. The van der Waals surface area contributed by atoms with E-state index in [1.807, 2.05) is 0 Å². The molecule has 27 heavy (non-hydrogen) atoms. The molecule has 1 aromatic heterocycles. The molecule has 0 radical (unpaired) electrons. The highest BCUT2D eigenvalue weighted by atomic mass is 79.9. The number of aryl methyl sites for hydroxylation is 1. The average Bonchev–Trinajstić information content (AvgIpc) is 2.60. The zero-order chi connectivity index (χ0) is 19.7. The van der Waals surface area contributed by atoms with Gasteiger partial charge in [0.15, 0.2) is 11.4 Å². The number of hydrogen-bond donors (Lipinski definition) is 1. The van der Waals surface area contributed by atoms with Gasteiger partial charge >= 0.3 is 6.61 Å². The molecule has 6 nitrogen and oxygen atoms in total. The molecule has 0 unspecified atom stereocenters. The van der Waals surface area contributed by atoms with Crippen LogP contribution >= 0.6 is 27.5 Å². The van der Waals surface area contributed by atoms with Gasteiger partial charge in [0, 0.05) is 17.5 Å². The lowest BCUT2D eigenvalue weighted by atomic mass is 10.1. The molecule has 1 heterocycles. The van der Waals surface area contributed by atoms with Gasteiger partial charge in [-0.15, -0.1) is 0 Å². The lowest BCUT2D eigenvalue weighted by Gasteiger charge is -2.15. The number of alkyl halides is 2. The van der Waals surface area contributed by atoms with Crippen molar-refractivity contribution in [1.82, 2.24) is 9.78 Å². The summed E-state index contributed by atoms with van der Waals surface area (Å²) in [5.41, 5.74) is -0.486. The molecule has 0 saturated heterocycles. The van der Waals surface area contributed by atoms with Gasteiger partial charge in [-0.25, -0.2) is 4.68 Å². The molecule has 0 atom stereocenters. The Kier molecular flexibility index (Phi) is 5.43. The lowest BCUT2D eigenvalue weighted by molar-refractivity contribution is -0.0498. The van der Waals surface area contributed by atoms with Crippen molar-refractivity contribution in [2.75, 3.05) is 5.32 Å². The van der Waals surface area contributed by atoms with E-state index in [2.05, 4.69) is 31.1 Å². The summed E-state index contributed by atoms with van der Waals surface area (Å²) in [5.74, 6) is -0.994. The molecule has 1 amide bonds. The second-order valence-electron chi connectivity index (χ2n) is 5.42. The number of carbonyl (C=O) groups excluding carboxylic acids is 1. The van der Waals surface area contributed by atoms with Crippen molar-refractivity contribution in [3.8, 4) is 5.75 Å². The zero-order valence-electron chi connectivity index (χ0n) is 13.7. The molecule has 0 aliphatic rings. The minimum absolute atomic E-state index is 0.0493. The molecule has 1 N–H and O–H groups in total. The number of amides is 1. The highest BCUT2D eigenvalue weighted by Crippen LogP contribution is 2.37. The van der Waals surface area contributed by atoms with Gasteiger partial charge < -0.3 is 10.1 Å². The van der Waals surface area contributed by atoms with Crippen molar-refractivity contribution in [3.63, 3.8) is 0 Å². The Hall–Kier alpha value is -2.52. The first-order valence-corrected chi connectivity index (χ1v) is 8.66. The first kappa shape index (κ1) is 19.2. The van der Waals surface area contributed by atoms with Crippen molar-refractivity contribution >= 4 is 49.9 Å². The Morgan fingerprint density at radius 3 is 2.63 bits per heavy atom. The molecule has 140 valence electrons. The van der Waals surface area contributed by atoms with Crippen LogP contribution in [-0.2, 0) is 7.05 Å². The molecule has 0 fully saturated rings. The van der Waals surface area contributed by atoms with Crippen LogP contribution in [0.5, 0.6) is 5.75 Å². The fourth-order valence-corrected chi connectivity index (χ4v) is 3.41. The average molecular weight is 459 g/mol. The van der Waals surface area contributed by atoms with E-state index in [1.165, 1.54) is 19.2 Å². The van der Waals surface area contributed by atoms with E-state index in [-0.39, 0.29) is 32.2 Å². The molecule has 2 aromatic carbocycles. The van der Waals surface area contributed by atoms with Gasteiger partial charge in [-0.2, -0.15) is 13.9 Å². The van der Waals surface area contributed by atoms with E-state index in [1.54, 1.807) is 24.3 Å². The molecule has 0 aliphatic heterocycles. The summed E-state index contributed by atoms with van der Waals surface area (Å²) in [6, 6.07) is 9.08. The van der Waals surface area contributed by atoms with E-state index in [9.17, 15) is 18.4 Å². The molecule has 10 heteroatoms. The van der Waals surface area contributed by atoms with E-state index in [4.69, 9.17) is 11.6 Å². The largest absolute Gasteiger partial charge is 0.431 e. The highest BCUT2D eigenvalue weighted by Gasteiger charge is 2.20. The molecule has 0 saturated carbocycles. The summed E-state index contributed by atoms with van der Waals surface area (Å²) in [7, 11) is 1.41. The normalized spacial score (nSPS) is 11.0. The second kappa shape index (κ2) is 7.61. The van der Waals surface area contributed by atoms with E-state index in [0.717, 1.165) is 4.68 Å². The minimum Gasteiger partial charge on any atom is -0.431 e. The molecular weight excluding hydrogens is 448 g/mol. The summed E-state index contributed by atoms with van der Waals surface area (Å²) >= 11 is 9.02. The van der Waals surface area contributed by atoms with Crippen LogP contribution in [0.1, 0.15) is 10.5 Å². The van der Waals surface area contributed by atoms with Crippen molar-refractivity contribution < 1.29 is 18.3 Å². The van der Waals surface area contributed by atoms with Gasteiger partial charge in [0.2, 0.25) is 0 Å². The first-order chi connectivity index (χ1) is 12.8.